The van der Waals surface area contributed by atoms with Gasteiger partial charge in [0.25, 0.3) is 11.7 Å². The van der Waals surface area contributed by atoms with Crippen LogP contribution in [0.5, 0.6) is 0 Å². The Labute approximate surface area is 180 Å². The molecule has 0 aliphatic carbocycles. The van der Waals surface area contributed by atoms with Crippen LogP contribution in [-0.2, 0) is 9.59 Å². The summed E-state index contributed by atoms with van der Waals surface area (Å²) in [5.41, 5.74) is 1.16. The van der Waals surface area contributed by atoms with Gasteiger partial charge in [-0.25, -0.2) is 0 Å². The summed E-state index contributed by atoms with van der Waals surface area (Å²) in [5, 5.41) is 11.6. The zero-order valence-corrected chi connectivity index (χ0v) is 17.7. The molecule has 2 aromatic rings. The van der Waals surface area contributed by atoms with Crippen LogP contribution in [0, 0.1) is 0 Å². The van der Waals surface area contributed by atoms with Crippen molar-refractivity contribution in [3.8, 4) is 0 Å². The van der Waals surface area contributed by atoms with Crippen LogP contribution in [0.3, 0.4) is 0 Å². The minimum atomic E-state index is -0.730. The van der Waals surface area contributed by atoms with E-state index in [0.29, 0.717) is 34.1 Å². The van der Waals surface area contributed by atoms with Gasteiger partial charge in [-0.05, 0) is 44.8 Å². The van der Waals surface area contributed by atoms with Crippen LogP contribution in [0.25, 0.3) is 5.76 Å². The molecule has 0 bridgehead atoms. The molecule has 152 valence electrons. The number of benzene rings is 2. The molecular formula is C22H22Cl2N2O3. The van der Waals surface area contributed by atoms with Crippen molar-refractivity contribution < 1.29 is 14.7 Å². The van der Waals surface area contributed by atoms with Gasteiger partial charge < -0.3 is 14.9 Å². The van der Waals surface area contributed by atoms with E-state index in [1.165, 1.54) is 4.90 Å². The first-order valence-corrected chi connectivity index (χ1v) is 10.0. The molecule has 2 aromatic carbocycles. The van der Waals surface area contributed by atoms with Gasteiger partial charge in [-0.3, -0.25) is 9.59 Å². The first-order valence-electron chi connectivity index (χ1n) is 9.24. The second kappa shape index (κ2) is 8.99. The van der Waals surface area contributed by atoms with Gasteiger partial charge in [-0.2, -0.15) is 0 Å². The monoisotopic (exact) mass is 432 g/mol. The highest BCUT2D eigenvalue weighted by Crippen LogP contribution is 2.40. The minimum Gasteiger partial charge on any atom is -0.507 e. The van der Waals surface area contributed by atoms with E-state index in [0.717, 1.165) is 6.54 Å². The number of amides is 1. The van der Waals surface area contributed by atoms with Gasteiger partial charge in [0, 0.05) is 12.1 Å². The summed E-state index contributed by atoms with van der Waals surface area (Å²) >= 11 is 12.2. The van der Waals surface area contributed by atoms with Crippen LogP contribution in [0.1, 0.15) is 23.6 Å². The van der Waals surface area contributed by atoms with E-state index in [1.807, 2.05) is 25.1 Å². The predicted octanol–water partition coefficient (Wildman–Crippen LogP) is 4.37. The zero-order valence-electron chi connectivity index (χ0n) is 16.2. The SMILES string of the molecule is CN(C)CCCN1C(=O)C(=O)/C(=C(\O)c2ccccc2)C1c1ccc(Cl)c(Cl)c1. The maximum atomic E-state index is 12.9. The van der Waals surface area contributed by atoms with Crippen LogP contribution in [0.4, 0.5) is 0 Å². The summed E-state index contributed by atoms with van der Waals surface area (Å²) in [6, 6.07) is 13.0. The van der Waals surface area contributed by atoms with Crippen molar-refractivity contribution in [3.05, 3.63) is 75.3 Å². The molecule has 29 heavy (non-hydrogen) atoms. The number of likely N-dealkylation sites (tertiary alicyclic amines) is 1. The summed E-state index contributed by atoms with van der Waals surface area (Å²) in [4.78, 5) is 29.2. The summed E-state index contributed by atoms with van der Waals surface area (Å²) < 4.78 is 0. The topological polar surface area (TPSA) is 60.9 Å². The van der Waals surface area contributed by atoms with Gasteiger partial charge in [0.2, 0.25) is 0 Å². The molecule has 1 unspecified atom stereocenters. The Hall–Kier alpha value is -2.34. The molecule has 0 aromatic heterocycles. The van der Waals surface area contributed by atoms with Gasteiger partial charge in [-0.1, -0.05) is 59.6 Å². The Morgan fingerprint density at radius 2 is 1.76 bits per heavy atom. The second-order valence-corrected chi connectivity index (χ2v) is 8.00. The number of carbonyl (C=O) groups is 2. The first-order chi connectivity index (χ1) is 13.8. The van der Waals surface area contributed by atoms with E-state index in [4.69, 9.17) is 23.2 Å². The number of rotatable bonds is 6. The van der Waals surface area contributed by atoms with Gasteiger partial charge in [-0.15, -0.1) is 0 Å². The van der Waals surface area contributed by atoms with Crippen molar-refractivity contribution in [2.45, 2.75) is 12.5 Å². The normalized spacial score (nSPS) is 18.7. The fraction of sp³-hybridized carbons (Fsp3) is 0.273. The number of nitrogens with zero attached hydrogens (tertiary/aromatic N) is 2. The summed E-state index contributed by atoms with van der Waals surface area (Å²) in [7, 11) is 3.89. The number of Topliss-reactive ketones (excluding diaryl/α,β-unsaturated/α-hetero) is 1. The summed E-state index contributed by atoms with van der Waals surface area (Å²) in [6.07, 6.45) is 0.684. The predicted molar refractivity (Wildman–Crippen MR) is 115 cm³/mol. The van der Waals surface area contributed by atoms with Crippen LogP contribution in [0.2, 0.25) is 10.0 Å². The van der Waals surface area contributed by atoms with E-state index in [1.54, 1.807) is 42.5 Å². The van der Waals surface area contributed by atoms with Crippen molar-refractivity contribution >= 4 is 40.7 Å². The van der Waals surface area contributed by atoms with Crippen molar-refractivity contribution in [2.75, 3.05) is 27.2 Å². The number of hydrogen-bond acceptors (Lipinski definition) is 4. The maximum absolute atomic E-state index is 12.9. The maximum Gasteiger partial charge on any atom is 0.295 e. The fourth-order valence-corrected chi connectivity index (χ4v) is 3.75. The Morgan fingerprint density at radius 3 is 2.38 bits per heavy atom. The smallest absolute Gasteiger partial charge is 0.295 e. The average molecular weight is 433 g/mol. The summed E-state index contributed by atoms with van der Waals surface area (Å²) in [5.74, 6) is -1.53. The Morgan fingerprint density at radius 1 is 1.07 bits per heavy atom. The fourth-order valence-electron chi connectivity index (χ4n) is 3.45. The molecule has 1 aliphatic heterocycles. The van der Waals surface area contributed by atoms with Gasteiger partial charge in [0.1, 0.15) is 5.76 Å². The molecule has 1 saturated heterocycles. The zero-order chi connectivity index (χ0) is 21.1. The number of aliphatic hydroxyl groups is 1. The van der Waals surface area contributed by atoms with Gasteiger partial charge in [0.15, 0.2) is 0 Å². The molecule has 1 aliphatic rings. The molecule has 1 fully saturated rings. The van der Waals surface area contributed by atoms with Crippen LogP contribution < -0.4 is 0 Å². The Balaban J connectivity index is 2.11. The van der Waals surface area contributed by atoms with Crippen molar-refractivity contribution in [3.63, 3.8) is 0 Å². The molecule has 3 rings (SSSR count). The molecular weight excluding hydrogens is 411 g/mol. The second-order valence-electron chi connectivity index (χ2n) is 7.19. The highest BCUT2D eigenvalue weighted by atomic mass is 35.5. The molecule has 5 nitrogen and oxygen atoms in total. The van der Waals surface area contributed by atoms with Crippen LogP contribution in [0.15, 0.2) is 54.1 Å². The number of hydrogen-bond donors (Lipinski definition) is 1. The van der Waals surface area contributed by atoms with Crippen molar-refractivity contribution in [2.24, 2.45) is 0 Å². The van der Waals surface area contributed by atoms with Crippen molar-refractivity contribution in [1.82, 2.24) is 9.80 Å². The first kappa shape index (κ1) is 21.4. The quantitative estimate of drug-likeness (QED) is 0.418. The molecule has 0 radical (unpaired) electrons. The largest absolute Gasteiger partial charge is 0.507 e. The van der Waals surface area contributed by atoms with Crippen LogP contribution >= 0.6 is 23.2 Å². The third kappa shape index (κ3) is 4.47. The van der Waals surface area contributed by atoms with E-state index in [-0.39, 0.29) is 11.3 Å². The summed E-state index contributed by atoms with van der Waals surface area (Å²) in [6.45, 7) is 1.13. The lowest BCUT2D eigenvalue weighted by Crippen LogP contribution is -2.32. The molecule has 7 heteroatoms. The Bertz CT molecular complexity index is 958. The third-order valence-corrected chi connectivity index (χ3v) is 5.59. The van der Waals surface area contributed by atoms with Crippen LogP contribution in [-0.4, -0.2) is 53.8 Å². The Kier molecular flexibility index (Phi) is 6.63. The number of aliphatic hydroxyl groups excluding tert-OH is 1. The molecule has 0 spiro atoms. The highest BCUT2D eigenvalue weighted by Gasteiger charge is 2.45. The van der Waals surface area contributed by atoms with Gasteiger partial charge >= 0.3 is 0 Å². The lowest BCUT2D eigenvalue weighted by atomic mass is 9.95. The highest BCUT2D eigenvalue weighted by molar-refractivity contribution is 6.46. The third-order valence-electron chi connectivity index (χ3n) is 4.85. The molecule has 1 heterocycles. The number of carbonyl (C=O) groups excluding carboxylic acids is 2. The van der Waals surface area contributed by atoms with Gasteiger partial charge in [0.05, 0.1) is 21.7 Å². The van der Waals surface area contributed by atoms with E-state index >= 15 is 0 Å². The number of halogens is 2. The lowest BCUT2D eigenvalue weighted by molar-refractivity contribution is -0.139. The lowest BCUT2D eigenvalue weighted by Gasteiger charge is -2.26. The van der Waals surface area contributed by atoms with E-state index in [9.17, 15) is 14.7 Å². The van der Waals surface area contributed by atoms with E-state index in [2.05, 4.69) is 0 Å². The standard InChI is InChI=1S/C22H22Cl2N2O3/c1-25(2)11-6-12-26-19(15-9-10-16(23)17(24)13-15)18(21(28)22(26)29)20(27)14-7-4-3-5-8-14/h3-5,7-10,13,19,27H,6,11-12H2,1-2H3/b20-18-. The minimum absolute atomic E-state index is 0.0597. The number of ketones is 1. The average Bonchev–Trinajstić information content (AvgIpc) is 2.95. The molecule has 1 N–H and O–H groups in total. The van der Waals surface area contributed by atoms with E-state index < -0.39 is 17.7 Å². The molecule has 1 atom stereocenters. The van der Waals surface area contributed by atoms with Crippen molar-refractivity contribution in [1.29, 1.82) is 0 Å². The molecule has 0 saturated carbocycles. The molecule has 1 amide bonds.